The fourth-order valence-electron chi connectivity index (χ4n) is 6.42. The molecule has 0 aromatic heterocycles. The Hall–Kier alpha value is -4.45. The van der Waals surface area contributed by atoms with Gasteiger partial charge in [-0.15, -0.1) is 0 Å². The van der Waals surface area contributed by atoms with Crippen molar-refractivity contribution in [2.45, 2.75) is 31.4 Å². The number of phenols is 3. The number of ketones is 4. The van der Waals surface area contributed by atoms with Crippen LogP contribution in [0.4, 0.5) is 11.4 Å². The topological polar surface area (TPSA) is 208 Å². The number of anilines is 2. The summed E-state index contributed by atoms with van der Waals surface area (Å²) in [4.78, 5) is 66.8. The molecule has 0 spiro atoms. The number of hydrogen-bond donors (Lipinski definition) is 6. The van der Waals surface area contributed by atoms with Crippen molar-refractivity contribution >= 4 is 40.4 Å². The summed E-state index contributed by atoms with van der Waals surface area (Å²) in [7, 11) is 3.50. The highest BCUT2D eigenvalue weighted by Gasteiger charge is 2.66. The van der Waals surface area contributed by atoms with E-state index in [-0.39, 0.29) is 42.1 Å². The van der Waals surface area contributed by atoms with Crippen molar-refractivity contribution in [1.29, 1.82) is 0 Å². The van der Waals surface area contributed by atoms with Gasteiger partial charge in [0.2, 0.25) is 5.91 Å². The number of primary amides is 1. The fraction of sp³-hybridized carbons (Fsp3) is 0.393. The van der Waals surface area contributed by atoms with Gasteiger partial charge in [-0.05, 0) is 48.1 Å². The maximum Gasteiger partial charge on any atom is 0.235 e. The van der Waals surface area contributed by atoms with E-state index in [4.69, 9.17) is 5.73 Å². The zero-order valence-corrected chi connectivity index (χ0v) is 21.8. The van der Waals surface area contributed by atoms with E-state index in [1.807, 2.05) is 0 Å². The number of rotatable bonds is 5. The number of amides is 1. The molecule has 12 nitrogen and oxygen atoms in total. The number of nitrogens with one attached hydrogen (secondary N) is 1. The lowest BCUT2D eigenvalue weighted by Gasteiger charge is -2.48. The molecule has 12 heteroatoms. The van der Waals surface area contributed by atoms with E-state index in [9.17, 15) is 44.4 Å². The first-order valence-electron chi connectivity index (χ1n) is 12.7. The van der Waals surface area contributed by atoms with Gasteiger partial charge in [-0.3, -0.25) is 24.0 Å². The predicted octanol–water partition coefficient (Wildman–Crippen LogP) is 0.416. The molecular formula is C28H29N3O9. The van der Waals surface area contributed by atoms with Crippen LogP contribution in [0, 0.1) is 23.7 Å². The third kappa shape index (κ3) is 3.89. The lowest BCUT2D eigenvalue weighted by atomic mass is 9.53. The lowest BCUT2D eigenvalue weighted by molar-refractivity contribution is -0.175. The molecule has 3 aliphatic rings. The van der Waals surface area contributed by atoms with Crippen molar-refractivity contribution in [3.63, 3.8) is 0 Å². The largest absolute Gasteiger partial charge is 0.505 e. The Balaban J connectivity index is 1.55. The number of nitrogens with two attached hydrogens (primary N) is 1. The van der Waals surface area contributed by atoms with Gasteiger partial charge in [-0.2, -0.15) is 0 Å². The van der Waals surface area contributed by atoms with Gasteiger partial charge < -0.3 is 36.4 Å². The summed E-state index contributed by atoms with van der Waals surface area (Å²) < 4.78 is 0. The van der Waals surface area contributed by atoms with E-state index in [0.717, 1.165) is 0 Å². The summed E-state index contributed by atoms with van der Waals surface area (Å²) >= 11 is 0. The maximum absolute atomic E-state index is 13.9. The van der Waals surface area contributed by atoms with Crippen LogP contribution < -0.4 is 16.0 Å². The van der Waals surface area contributed by atoms with Gasteiger partial charge in [-0.1, -0.05) is 6.07 Å². The molecular weight excluding hydrogens is 522 g/mol. The maximum atomic E-state index is 13.9. The molecule has 2 saturated carbocycles. The number of aromatic hydroxyl groups is 3. The highest BCUT2D eigenvalue weighted by molar-refractivity contribution is 6.31. The molecule has 1 amide bonds. The minimum absolute atomic E-state index is 0.0129. The first-order chi connectivity index (χ1) is 18.8. The minimum atomic E-state index is -2.71. The Kier molecular flexibility index (Phi) is 6.33. The average Bonchev–Trinajstić information content (AvgIpc) is 2.87. The number of phenolic OH excluding ortho intramolecular Hbond substituents is 3. The molecule has 0 bridgehead atoms. The Morgan fingerprint density at radius 2 is 1.75 bits per heavy atom. The molecule has 2 aromatic carbocycles. The molecule has 0 saturated heterocycles. The zero-order valence-electron chi connectivity index (χ0n) is 21.8. The third-order valence-corrected chi connectivity index (χ3v) is 8.38. The molecule has 0 aliphatic heterocycles. The van der Waals surface area contributed by atoms with Crippen molar-refractivity contribution in [1.82, 2.24) is 0 Å². The Labute approximate surface area is 228 Å². The first-order valence-corrected chi connectivity index (χ1v) is 12.7. The van der Waals surface area contributed by atoms with Gasteiger partial charge in [-0.25, -0.2) is 0 Å². The van der Waals surface area contributed by atoms with Crippen molar-refractivity contribution in [3.8, 4) is 17.2 Å². The van der Waals surface area contributed by atoms with E-state index >= 15 is 0 Å². The van der Waals surface area contributed by atoms with E-state index in [0.29, 0.717) is 16.8 Å². The van der Waals surface area contributed by atoms with Crippen LogP contribution in [0.15, 0.2) is 24.3 Å². The van der Waals surface area contributed by atoms with Crippen LogP contribution in [0.2, 0.25) is 0 Å². The Morgan fingerprint density at radius 1 is 1.05 bits per heavy atom. The molecule has 5 atom stereocenters. The number of benzene rings is 2. The summed E-state index contributed by atoms with van der Waals surface area (Å²) in [6.07, 6.45) is -0.217. The van der Waals surface area contributed by atoms with Gasteiger partial charge in [0.1, 0.15) is 5.75 Å². The van der Waals surface area contributed by atoms with Crippen LogP contribution in [-0.4, -0.2) is 69.2 Å². The van der Waals surface area contributed by atoms with Gasteiger partial charge in [0.15, 0.2) is 46.2 Å². The average molecular weight is 552 g/mol. The van der Waals surface area contributed by atoms with Gasteiger partial charge in [0, 0.05) is 38.7 Å². The molecule has 210 valence electrons. The molecule has 2 unspecified atom stereocenters. The minimum Gasteiger partial charge on any atom is -0.505 e. The second-order valence-corrected chi connectivity index (χ2v) is 11.0. The predicted molar refractivity (Wildman–Crippen MR) is 140 cm³/mol. The highest BCUT2D eigenvalue weighted by atomic mass is 16.3. The van der Waals surface area contributed by atoms with Crippen LogP contribution in [0.3, 0.4) is 0 Å². The number of aliphatic hydroxyl groups is 1. The van der Waals surface area contributed by atoms with Crippen molar-refractivity contribution in [2.75, 3.05) is 24.3 Å². The molecule has 0 heterocycles. The number of carbonyl (C=O) groups is 5. The quantitative estimate of drug-likeness (QED) is 0.222. The second-order valence-electron chi connectivity index (χ2n) is 11.0. The van der Waals surface area contributed by atoms with Crippen LogP contribution in [0.5, 0.6) is 17.2 Å². The van der Waals surface area contributed by atoms with Gasteiger partial charge in [0.25, 0.3) is 0 Å². The monoisotopic (exact) mass is 551 g/mol. The molecule has 40 heavy (non-hydrogen) atoms. The lowest BCUT2D eigenvalue weighted by Crippen LogP contribution is -2.68. The van der Waals surface area contributed by atoms with Crippen molar-refractivity contribution in [2.24, 2.45) is 29.4 Å². The number of fused-ring (bicyclic) bond motifs is 3. The van der Waals surface area contributed by atoms with Crippen molar-refractivity contribution in [3.05, 3.63) is 41.0 Å². The Morgan fingerprint density at radius 3 is 2.38 bits per heavy atom. The zero-order chi connectivity index (χ0) is 29.3. The van der Waals surface area contributed by atoms with E-state index in [2.05, 4.69) is 5.32 Å². The van der Waals surface area contributed by atoms with E-state index in [1.165, 1.54) is 12.1 Å². The van der Waals surface area contributed by atoms with Crippen LogP contribution in [0.1, 0.15) is 34.3 Å². The molecule has 7 N–H and O–H groups in total. The normalized spacial score (nSPS) is 27.5. The van der Waals surface area contributed by atoms with E-state index < -0.39 is 70.5 Å². The van der Waals surface area contributed by atoms with Gasteiger partial charge >= 0.3 is 0 Å². The first kappa shape index (κ1) is 27.1. The summed E-state index contributed by atoms with van der Waals surface area (Å²) in [6, 6.07) is 5.85. The number of hydrogen-bond acceptors (Lipinski definition) is 11. The smallest absolute Gasteiger partial charge is 0.235 e. The number of nitrogens with zero attached hydrogens (tertiary/aromatic N) is 1. The Bertz CT molecular complexity index is 1500. The summed E-state index contributed by atoms with van der Waals surface area (Å²) in [5.41, 5.74) is 4.20. The highest BCUT2D eigenvalue weighted by Crippen LogP contribution is 2.52. The molecule has 2 aromatic rings. The van der Waals surface area contributed by atoms with Crippen molar-refractivity contribution < 1.29 is 44.4 Å². The summed E-state index contributed by atoms with van der Waals surface area (Å²) in [6.45, 7) is 0.102. The van der Waals surface area contributed by atoms with Crippen LogP contribution >= 0.6 is 0 Å². The van der Waals surface area contributed by atoms with Crippen LogP contribution in [-0.2, 0) is 32.1 Å². The van der Waals surface area contributed by atoms with Gasteiger partial charge in [0.05, 0.1) is 17.2 Å². The molecule has 3 aliphatic carbocycles. The third-order valence-electron chi connectivity index (χ3n) is 8.38. The SMILES string of the molecule is CN(C)c1cc(NCc2ccc(O)c(O)c2)c(O)c2c1C[C@H]1C[C@H]3CC(=O)C(C(N)=O)C(=O)[C@@]3(O)C(=O)C1C2=O. The molecule has 0 radical (unpaired) electrons. The summed E-state index contributed by atoms with van der Waals surface area (Å²) in [5, 5.41) is 44.9. The van der Waals surface area contributed by atoms with Crippen LogP contribution in [0.25, 0.3) is 0 Å². The molecule has 5 rings (SSSR count). The van der Waals surface area contributed by atoms with E-state index in [1.54, 1.807) is 31.1 Å². The molecule has 2 fully saturated rings. The number of carbonyl (C=O) groups excluding carboxylic acids is 5. The summed E-state index contributed by atoms with van der Waals surface area (Å²) in [5.74, 6) is -11.4. The standard InChI is InChI=1S/C28H29N3O9/c1-31(2)16-9-15(30-10-11-3-4-17(32)18(33)5-11)23(35)21-14(16)7-12-6-13-8-19(34)22(27(29)39)26(38)28(13,40)25(37)20(12)24(21)36/h3-5,9,12-13,20,22,30,32-33,35,40H,6-8,10H2,1-2H3,(H2,29,39)/t12-,13+,20?,22?,28+/m1/s1. The number of Topliss-reactive ketones (excluding diaryl/α,β-unsaturated/α-hetero) is 4. The second kappa shape index (κ2) is 9.33. The fourth-order valence-corrected chi connectivity index (χ4v) is 6.42.